The van der Waals surface area contributed by atoms with E-state index in [1.807, 2.05) is 20.8 Å². The maximum atomic E-state index is 13.4. The summed E-state index contributed by atoms with van der Waals surface area (Å²) in [6.45, 7) is 6.93. The van der Waals surface area contributed by atoms with Gasteiger partial charge in [-0.05, 0) is 31.0 Å². The summed E-state index contributed by atoms with van der Waals surface area (Å²) in [6.07, 6.45) is 1.10. The molecule has 1 aliphatic carbocycles. The van der Waals surface area contributed by atoms with E-state index in [0.29, 0.717) is 31.7 Å². The van der Waals surface area contributed by atoms with E-state index >= 15 is 0 Å². The van der Waals surface area contributed by atoms with Gasteiger partial charge in [0, 0.05) is 44.8 Å². The number of hydrogen-bond donors (Lipinski definition) is 1. The zero-order chi connectivity index (χ0) is 20.2. The molecular formula is C19H29N3O4S. The second kappa shape index (κ2) is 6.55. The number of hydrogen-bond acceptors (Lipinski definition) is 5. The third-order valence-corrected chi connectivity index (χ3v) is 8.00. The van der Waals surface area contributed by atoms with Crippen LogP contribution in [0.25, 0.3) is 0 Å². The van der Waals surface area contributed by atoms with Gasteiger partial charge in [0.2, 0.25) is 15.9 Å². The summed E-state index contributed by atoms with van der Waals surface area (Å²) in [6, 6.07) is 4.97. The molecule has 2 aliphatic rings. The fourth-order valence-corrected chi connectivity index (χ4v) is 4.90. The van der Waals surface area contributed by atoms with Gasteiger partial charge in [0.05, 0.1) is 11.0 Å². The molecule has 0 spiro atoms. The Morgan fingerprint density at radius 3 is 2.59 bits per heavy atom. The van der Waals surface area contributed by atoms with Gasteiger partial charge in [-0.1, -0.05) is 19.9 Å². The first kappa shape index (κ1) is 20.3. The molecule has 1 aromatic rings. The number of sulfonamides is 1. The Morgan fingerprint density at radius 1 is 1.37 bits per heavy atom. The average Bonchev–Trinajstić information content (AvgIpc) is 3.03. The lowest BCUT2D eigenvalue weighted by atomic mass is 9.54. The molecule has 1 amide bonds. The van der Waals surface area contributed by atoms with Crippen molar-refractivity contribution >= 4 is 21.6 Å². The van der Waals surface area contributed by atoms with Gasteiger partial charge in [-0.2, -0.15) is 0 Å². The molecule has 1 aliphatic heterocycles. The van der Waals surface area contributed by atoms with Gasteiger partial charge < -0.3 is 15.4 Å². The number of benzene rings is 1. The fraction of sp³-hybridized carbons (Fsp3) is 0.632. The van der Waals surface area contributed by atoms with Crippen LogP contribution >= 0.6 is 0 Å². The first-order chi connectivity index (χ1) is 12.5. The molecule has 150 valence electrons. The summed E-state index contributed by atoms with van der Waals surface area (Å²) in [5.41, 5.74) is 6.65. The summed E-state index contributed by atoms with van der Waals surface area (Å²) < 4.78 is 31.8. The van der Waals surface area contributed by atoms with Crippen LogP contribution in [0.1, 0.15) is 32.8 Å². The van der Waals surface area contributed by atoms with Gasteiger partial charge in [-0.15, -0.1) is 0 Å². The highest BCUT2D eigenvalue weighted by molar-refractivity contribution is 7.89. The van der Waals surface area contributed by atoms with Crippen molar-refractivity contribution in [1.82, 2.24) is 4.31 Å². The Labute approximate surface area is 161 Å². The minimum absolute atomic E-state index is 0.0565. The van der Waals surface area contributed by atoms with Crippen molar-refractivity contribution in [2.24, 2.45) is 11.1 Å². The van der Waals surface area contributed by atoms with Crippen LogP contribution in [-0.4, -0.2) is 57.5 Å². The maximum Gasteiger partial charge on any atom is 0.247 e. The Hall–Kier alpha value is -1.48. The molecule has 2 unspecified atom stereocenters. The molecule has 0 bridgehead atoms. The van der Waals surface area contributed by atoms with Crippen molar-refractivity contribution in [2.75, 3.05) is 32.1 Å². The third-order valence-electron chi connectivity index (χ3n) is 6.19. The number of rotatable bonds is 5. The molecule has 27 heavy (non-hydrogen) atoms. The number of ether oxygens (including phenoxy) is 1. The summed E-state index contributed by atoms with van der Waals surface area (Å²) in [4.78, 5) is 15.2. The van der Waals surface area contributed by atoms with E-state index in [1.165, 1.54) is 18.4 Å². The largest absolute Gasteiger partial charge is 0.378 e. The SMILES string of the molecule is CCOC1CC(N)(C(=O)N2CCc3ccc(S(=O)(=O)N(C)C)cc32)C1(C)C. The Balaban J connectivity index is 1.93. The monoisotopic (exact) mass is 395 g/mol. The van der Waals surface area contributed by atoms with Crippen LogP contribution in [0.3, 0.4) is 0 Å². The molecule has 7 nitrogen and oxygen atoms in total. The molecule has 0 aromatic heterocycles. The molecule has 3 rings (SSSR count). The van der Waals surface area contributed by atoms with E-state index in [1.54, 1.807) is 23.1 Å². The zero-order valence-electron chi connectivity index (χ0n) is 16.7. The highest BCUT2D eigenvalue weighted by Gasteiger charge is 2.64. The van der Waals surface area contributed by atoms with Crippen molar-refractivity contribution < 1.29 is 17.9 Å². The molecule has 1 aromatic carbocycles. The van der Waals surface area contributed by atoms with Crippen LogP contribution in [0.5, 0.6) is 0 Å². The second-order valence-electron chi connectivity index (χ2n) is 8.13. The van der Waals surface area contributed by atoms with Crippen LogP contribution in [0.4, 0.5) is 5.69 Å². The van der Waals surface area contributed by atoms with E-state index in [4.69, 9.17) is 10.5 Å². The minimum atomic E-state index is -3.57. The van der Waals surface area contributed by atoms with Gasteiger partial charge in [-0.3, -0.25) is 4.79 Å². The molecule has 1 heterocycles. The number of nitrogens with two attached hydrogens (primary N) is 1. The number of anilines is 1. The van der Waals surface area contributed by atoms with E-state index < -0.39 is 21.0 Å². The van der Waals surface area contributed by atoms with Crippen LogP contribution in [0.15, 0.2) is 23.1 Å². The van der Waals surface area contributed by atoms with E-state index in [-0.39, 0.29) is 16.9 Å². The van der Waals surface area contributed by atoms with Crippen molar-refractivity contribution in [3.05, 3.63) is 23.8 Å². The number of fused-ring (bicyclic) bond motifs is 1. The predicted octanol–water partition coefficient (Wildman–Crippen LogP) is 1.36. The van der Waals surface area contributed by atoms with Crippen molar-refractivity contribution in [3.63, 3.8) is 0 Å². The Bertz CT molecular complexity index is 866. The van der Waals surface area contributed by atoms with Gasteiger partial charge >= 0.3 is 0 Å². The zero-order valence-corrected chi connectivity index (χ0v) is 17.5. The van der Waals surface area contributed by atoms with E-state index in [2.05, 4.69) is 0 Å². The fourth-order valence-electron chi connectivity index (χ4n) is 3.98. The van der Waals surface area contributed by atoms with Crippen LogP contribution in [-0.2, 0) is 26.0 Å². The summed E-state index contributed by atoms with van der Waals surface area (Å²) in [5, 5.41) is 0. The molecule has 1 saturated carbocycles. The quantitative estimate of drug-likeness (QED) is 0.813. The molecule has 8 heteroatoms. The number of nitrogens with zero attached hydrogens (tertiary/aromatic N) is 2. The molecule has 1 fully saturated rings. The van der Waals surface area contributed by atoms with Crippen LogP contribution < -0.4 is 10.6 Å². The standard InChI is InChI=1S/C19H29N3O4S/c1-6-26-16-12-19(20,18(16,2)3)17(23)22-10-9-13-7-8-14(11-15(13)22)27(24,25)21(4)5/h7-8,11,16H,6,9-10,12,20H2,1-5H3. The molecule has 2 N–H and O–H groups in total. The van der Waals surface area contributed by atoms with Gasteiger partial charge in [0.1, 0.15) is 5.54 Å². The molecule has 0 radical (unpaired) electrons. The number of carbonyl (C=O) groups is 1. The highest BCUT2D eigenvalue weighted by atomic mass is 32.2. The Morgan fingerprint density at radius 2 is 2.04 bits per heavy atom. The summed E-state index contributed by atoms with van der Waals surface area (Å²) >= 11 is 0. The lowest BCUT2D eigenvalue weighted by molar-refractivity contribution is -0.168. The number of amides is 1. The first-order valence-electron chi connectivity index (χ1n) is 9.24. The highest BCUT2D eigenvalue weighted by Crippen LogP contribution is 2.51. The molecule has 2 atom stereocenters. The van der Waals surface area contributed by atoms with Crippen molar-refractivity contribution in [1.29, 1.82) is 0 Å². The average molecular weight is 396 g/mol. The summed E-state index contributed by atoms with van der Waals surface area (Å²) in [7, 11) is -0.587. The van der Waals surface area contributed by atoms with E-state index in [0.717, 1.165) is 5.56 Å². The second-order valence-corrected chi connectivity index (χ2v) is 10.3. The molecule has 0 saturated heterocycles. The predicted molar refractivity (Wildman–Crippen MR) is 104 cm³/mol. The maximum absolute atomic E-state index is 13.4. The van der Waals surface area contributed by atoms with Crippen molar-refractivity contribution in [2.45, 2.75) is 50.2 Å². The van der Waals surface area contributed by atoms with Crippen molar-refractivity contribution in [3.8, 4) is 0 Å². The van der Waals surface area contributed by atoms with Gasteiger partial charge in [-0.25, -0.2) is 12.7 Å². The van der Waals surface area contributed by atoms with Gasteiger partial charge in [0.15, 0.2) is 0 Å². The topological polar surface area (TPSA) is 92.9 Å². The van der Waals surface area contributed by atoms with E-state index in [9.17, 15) is 13.2 Å². The lowest BCUT2D eigenvalue weighted by Crippen LogP contribution is -2.76. The van der Waals surface area contributed by atoms with Gasteiger partial charge in [0.25, 0.3) is 0 Å². The van der Waals surface area contributed by atoms with Crippen LogP contribution in [0.2, 0.25) is 0 Å². The third kappa shape index (κ3) is 2.90. The number of carbonyl (C=O) groups excluding carboxylic acids is 1. The van der Waals surface area contributed by atoms with Crippen LogP contribution in [0, 0.1) is 5.41 Å². The smallest absolute Gasteiger partial charge is 0.247 e. The molecular weight excluding hydrogens is 366 g/mol. The minimum Gasteiger partial charge on any atom is -0.378 e. The Kier molecular flexibility index (Phi) is 4.91. The summed E-state index contributed by atoms with van der Waals surface area (Å²) in [5.74, 6) is -0.165. The lowest BCUT2D eigenvalue weighted by Gasteiger charge is -2.58. The normalized spacial score (nSPS) is 26.8. The first-order valence-corrected chi connectivity index (χ1v) is 10.7.